The van der Waals surface area contributed by atoms with Crippen LogP contribution in [0.3, 0.4) is 0 Å². The minimum absolute atomic E-state index is 0.106. The predicted octanol–water partition coefficient (Wildman–Crippen LogP) is 3.03. The molecule has 1 aromatic rings. The van der Waals surface area contributed by atoms with Crippen molar-refractivity contribution in [3.8, 4) is 6.07 Å². The largest absolute Gasteiger partial charge is 0.444 e. The Morgan fingerprint density at radius 1 is 1.45 bits per heavy atom. The van der Waals surface area contributed by atoms with E-state index in [4.69, 9.17) is 10.5 Å². The van der Waals surface area contributed by atoms with Gasteiger partial charge in [-0.25, -0.2) is 4.79 Å². The number of carbonyl (C=O) groups excluding carboxylic acids is 1. The van der Waals surface area contributed by atoms with Crippen molar-refractivity contribution in [3.63, 3.8) is 0 Å². The average Bonchev–Trinajstić information content (AvgIpc) is 3.05. The first-order valence-electron chi connectivity index (χ1n) is 7.55. The van der Waals surface area contributed by atoms with Gasteiger partial charge in [0.05, 0.1) is 5.56 Å². The van der Waals surface area contributed by atoms with Crippen LogP contribution in [0.25, 0.3) is 0 Å². The Labute approximate surface area is 134 Å². The quantitative estimate of drug-likeness (QED) is 0.797. The molecule has 2 N–H and O–H groups in total. The minimum atomic E-state index is -0.488. The Morgan fingerprint density at radius 3 is 2.82 bits per heavy atom. The summed E-state index contributed by atoms with van der Waals surface area (Å²) in [5.74, 6) is 0. The third kappa shape index (κ3) is 2.34. The Bertz CT molecular complexity index is 668. The van der Waals surface area contributed by atoms with E-state index in [1.54, 1.807) is 4.90 Å². The van der Waals surface area contributed by atoms with E-state index in [0.717, 1.165) is 24.8 Å². The standard InChI is InChI=1S/C16H21N3O2S/c1-15(2,3)21-14(20)19-7-6-16(9-19)5-4-11-12(16)10(8-17)13(18)22-11/h4-7,9,18H2,1-3H3. The Morgan fingerprint density at radius 2 is 2.18 bits per heavy atom. The molecule has 1 aliphatic carbocycles. The molecule has 1 aliphatic heterocycles. The lowest BCUT2D eigenvalue weighted by Crippen LogP contribution is -2.37. The van der Waals surface area contributed by atoms with Gasteiger partial charge in [0.15, 0.2) is 0 Å². The molecule has 1 atom stereocenters. The topological polar surface area (TPSA) is 79.3 Å². The lowest BCUT2D eigenvalue weighted by Gasteiger charge is -2.27. The van der Waals surface area contributed by atoms with Gasteiger partial charge in [0.2, 0.25) is 0 Å². The van der Waals surface area contributed by atoms with Gasteiger partial charge in [0.25, 0.3) is 0 Å². The molecule has 0 bridgehead atoms. The molecule has 22 heavy (non-hydrogen) atoms. The van der Waals surface area contributed by atoms with Crippen molar-refractivity contribution in [2.45, 2.75) is 51.0 Å². The van der Waals surface area contributed by atoms with Gasteiger partial charge in [-0.3, -0.25) is 0 Å². The fourth-order valence-electron chi connectivity index (χ4n) is 3.59. The number of hydrogen-bond acceptors (Lipinski definition) is 5. The van der Waals surface area contributed by atoms with Crippen molar-refractivity contribution >= 4 is 22.4 Å². The van der Waals surface area contributed by atoms with Crippen molar-refractivity contribution in [2.24, 2.45) is 0 Å². The van der Waals surface area contributed by atoms with Crippen LogP contribution in [-0.2, 0) is 16.6 Å². The minimum Gasteiger partial charge on any atom is -0.444 e. The third-order valence-electron chi connectivity index (χ3n) is 4.49. The number of carbonyl (C=O) groups is 1. The number of anilines is 1. The number of amides is 1. The number of thiophene rings is 1. The van der Waals surface area contributed by atoms with Gasteiger partial charge < -0.3 is 15.4 Å². The first kappa shape index (κ1) is 15.2. The molecule has 0 saturated carbocycles. The SMILES string of the molecule is CC(C)(C)OC(=O)N1CCC2(CCc3sc(N)c(C#N)c32)C1. The molecule has 2 aliphatic rings. The third-order valence-corrected chi connectivity index (χ3v) is 5.57. The summed E-state index contributed by atoms with van der Waals surface area (Å²) in [5.41, 5.74) is 7.12. The van der Waals surface area contributed by atoms with Crippen molar-refractivity contribution in [3.05, 3.63) is 16.0 Å². The normalized spacial score (nSPS) is 23.6. The number of aryl methyl sites for hydroxylation is 1. The Hall–Kier alpha value is -1.74. The Kier molecular flexibility index (Phi) is 3.37. The summed E-state index contributed by atoms with van der Waals surface area (Å²) in [6, 6.07) is 2.26. The summed E-state index contributed by atoms with van der Waals surface area (Å²) >= 11 is 1.53. The molecule has 0 aromatic carbocycles. The van der Waals surface area contributed by atoms with Crippen LogP contribution in [0.4, 0.5) is 9.80 Å². The van der Waals surface area contributed by atoms with E-state index in [-0.39, 0.29) is 11.5 Å². The van der Waals surface area contributed by atoms with E-state index in [1.165, 1.54) is 16.2 Å². The summed E-state index contributed by atoms with van der Waals surface area (Å²) in [7, 11) is 0. The lowest BCUT2D eigenvalue weighted by molar-refractivity contribution is 0.0284. The molecule has 6 heteroatoms. The smallest absolute Gasteiger partial charge is 0.410 e. The van der Waals surface area contributed by atoms with Gasteiger partial charge in [-0.15, -0.1) is 11.3 Å². The summed E-state index contributed by atoms with van der Waals surface area (Å²) in [6.45, 7) is 6.92. The highest BCUT2D eigenvalue weighted by Gasteiger charge is 2.48. The second-order valence-electron chi connectivity index (χ2n) is 7.18. The number of nitrogens with two attached hydrogens (primary N) is 1. The van der Waals surface area contributed by atoms with Crippen LogP contribution in [-0.4, -0.2) is 29.7 Å². The van der Waals surface area contributed by atoms with Crippen LogP contribution in [0, 0.1) is 11.3 Å². The highest BCUT2D eigenvalue weighted by atomic mass is 32.1. The Balaban J connectivity index is 1.85. The van der Waals surface area contributed by atoms with Crippen LogP contribution in [0.5, 0.6) is 0 Å². The van der Waals surface area contributed by atoms with Crippen LogP contribution >= 0.6 is 11.3 Å². The van der Waals surface area contributed by atoms with Gasteiger partial charge in [-0.2, -0.15) is 5.26 Å². The van der Waals surface area contributed by atoms with Gasteiger partial charge in [-0.1, -0.05) is 0 Å². The van der Waals surface area contributed by atoms with Crippen LogP contribution in [0.2, 0.25) is 0 Å². The number of nitriles is 1. The summed E-state index contributed by atoms with van der Waals surface area (Å²) in [6.07, 6.45) is 2.56. The number of hydrogen-bond donors (Lipinski definition) is 1. The maximum absolute atomic E-state index is 12.3. The zero-order valence-electron chi connectivity index (χ0n) is 13.2. The molecule has 1 spiro atoms. The van der Waals surface area contributed by atoms with Gasteiger partial charge in [0, 0.05) is 23.4 Å². The molecular weight excluding hydrogens is 298 g/mol. The van der Waals surface area contributed by atoms with Gasteiger partial charge in [-0.05, 0) is 45.6 Å². The lowest BCUT2D eigenvalue weighted by atomic mass is 9.80. The van der Waals surface area contributed by atoms with Crippen LogP contribution < -0.4 is 5.73 Å². The molecule has 1 amide bonds. The molecular formula is C16H21N3O2S. The van der Waals surface area contributed by atoms with Crippen LogP contribution in [0.1, 0.15) is 49.6 Å². The molecule has 1 fully saturated rings. The van der Waals surface area contributed by atoms with E-state index in [0.29, 0.717) is 23.7 Å². The first-order chi connectivity index (χ1) is 10.3. The highest BCUT2D eigenvalue weighted by Crippen LogP contribution is 2.51. The summed E-state index contributed by atoms with van der Waals surface area (Å²) < 4.78 is 5.47. The predicted molar refractivity (Wildman–Crippen MR) is 85.9 cm³/mol. The number of nitrogen functional groups attached to an aromatic ring is 1. The van der Waals surface area contributed by atoms with E-state index >= 15 is 0 Å². The molecule has 118 valence electrons. The van der Waals surface area contributed by atoms with Crippen molar-refractivity contribution in [2.75, 3.05) is 18.8 Å². The second-order valence-corrected chi connectivity index (χ2v) is 8.32. The summed E-state index contributed by atoms with van der Waals surface area (Å²) in [5, 5.41) is 10.0. The number of rotatable bonds is 0. The monoisotopic (exact) mass is 319 g/mol. The van der Waals surface area contributed by atoms with Crippen molar-refractivity contribution < 1.29 is 9.53 Å². The average molecular weight is 319 g/mol. The molecule has 2 heterocycles. The molecule has 3 rings (SSSR count). The number of fused-ring (bicyclic) bond motifs is 2. The number of nitrogens with zero attached hydrogens (tertiary/aromatic N) is 2. The number of likely N-dealkylation sites (tertiary alicyclic amines) is 1. The fraction of sp³-hybridized carbons (Fsp3) is 0.625. The highest BCUT2D eigenvalue weighted by molar-refractivity contribution is 7.16. The van der Waals surface area contributed by atoms with E-state index < -0.39 is 5.60 Å². The zero-order valence-corrected chi connectivity index (χ0v) is 14.0. The van der Waals surface area contributed by atoms with E-state index in [2.05, 4.69) is 6.07 Å². The molecule has 1 aromatic heterocycles. The van der Waals surface area contributed by atoms with Gasteiger partial charge in [0.1, 0.15) is 16.7 Å². The number of ether oxygens (including phenoxy) is 1. The maximum Gasteiger partial charge on any atom is 0.410 e. The van der Waals surface area contributed by atoms with E-state index in [9.17, 15) is 10.1 Å². The molecule has 0 radical (unpaired) electrons. The second kappa shape index (κ2) is 4.88. The summed E-state index contributed by atoms with van der Waals surface area (Å²) in [4.78, 5) is 15.3. The molecule has 1 saturated heterocycles. The molecule has 5 nitrogen and oxygen atoms in total. The van der Waals surface area contributed by atoms with Crippen molar-refractivity contribution in [1.82, 2.24) is 4.90 Å². The maximum atomic E-state index is 12.3. The van der Waals surface area contributed by atoms with Crippen molar-refractivity contribution in [1.29, 1.82) is 5.26 Å². The van der Waals surface area contributed by atoms with E-state index in [1.807, 2.05) is 20.8 Å². The fourth-order valence-corrected chi connectivity index (χ4v) is 4.73. The van der Waals surface area contributed by atoms with Crippen LogP contribution in [0.15, 0.2) is 0 Å². The molecule has 1 unspecified atom stereocenters. The van der Waals surface area contributed by atoms with Gasteiger partial charge >= 0.3 is 6.09 Å². The zero-order chi connectivity index (χ0) is 16.1. The first-order valence-corrected chi connectivity index (χ1v) is 8.37.